The predicted molar refractivity (Wildman–Crippen MR) is 99.4 cm³/mol. The monoisotopic (exact) mass is 348 g/mol. The number of nitrogens with one attached hydrogen (secondary N) is 2. The second kappa shape index (κ2) is 9.37. The van der Waals surface area contributed by atoms with Crippen LogP contribution in [0.25, 0.3) is 0 Å². The predicted octanol–water partition coefficient (Wildman–Crippen LogP) is 3.24. The third kappa shape index (κ3) is 5.92. The summed E-state index contributed by atoms with van der Waals surface area (Å²) in [5.74, 6) is 0.626. The summed E-state index contributed by atoms with van der Waals surface area (Å²) in [6.45, 7) is 8.28. The molecule has 0 amide bonds. The first-order valence-corrected chi connectivity index (χ1v) is 9.14. The normalized spacial score (nSPS) is 11.6. The zero-order valence-corrected chi connectivity index (χ0v) is 15.3. The molecular formula is C18H25FN4S. The fourth-order valence-corrected chi connectivity index (χ4v) is 3.05. The molecule has 0 aliphatic heterocycles. The number of hydrogen-bond donors (Lipinski definition) is 2. The van der Waals surface area contributed by atoms with Crippen LogP contribution >= 0.6 is 11.3 Å². The zero-order chi connectivity index (χ0) is 17.4. The molecule has 0 unspecified atom stereocenters. The van der Waals surface area contributed by atoms with E-state index in [-0.39, 0.29) is 5.82 Å². The van der Waals surface area contributed by atoms with Crippen LogP contribution in [-0.2, 0) is 12.8 Å². The Balaban J connectivity index is 1.82. The van der Waals surface area contributed by atoms with Gasteiger partial charge < -0.3 is 10.6 Å². The Kier molecular flexibility index (Phi) is 7.18. The number of nitrogens with zero attached hydrogens (tertiary/aromatic N) is 2. The Bertz CT molecular complexity index is 681. The van der Waals surface area contributed by atoms with Crippen molar-refractivity contribution in [3.05, 3.63) is 51.2 Å². The van der Waals surface area contributed by atoms with Gasteiger partial charge in [0.1, 0.15) is 5.82 Å². The molecule has 1 aromatic heterocycles. The fraction of sp³-hybridized carbons (Fsp3) is 0.444. The minimum atomic E-state index is -0.184. The first kappa shape index (κ1) is 18.4. The van der Waals surface area contributed by atoms with Crippen LogP contribution < -0.4 is 10.6 Å². The summed E-state index contributed by atoms with van der Waals surface area (Å²) in [5.41, 5.74) is 3.23. The van der Waals surface area contributed by atoms with Gasteiger partial charge in [0, 0.05) is 31.4 Å². The lowest BCUT2D eigenvalue weighted by atomic mass is 10.1. The summed E-state index contributed by atoms with van der Waals surface area (Å²) in [5, 5.41) is 9.75. The number of aryl methyl sites for hydroxylation is 2. The van der Waals surface area contributed by atoms with Crippen LogP contribution in [0.15, 0.2) is 28.6 Å². The molecule has 0 bridgehead atoms. The zero-order valence-electron chi connectivity index (χ0n) is 14.5. The van der Waals surface area contributed by atoms with Gasteiger partial charge in [0.2, 0.25) is 0 Å². The maximum atomic E-state index is 13.1. The number of rotatable bonds is 7. The number of halogens is 1. The summed E-state index contributed by atoms with van der Waals surface area (Å²) in [7, 11) is 0. The molecule has 0 saturated heterocycles. The van der Waals surface area contributed by atoms with Crippen LogP contribution in [0.4, 0.5) is 4.39 Å². The molecule has 0 aliphatic rings. The van der Waals surface area contributed by atoms with Gasteiger partial charge >= 0.3 is 0 Å². The topological polar surface area (TPSA) is 49.3 Å². The van der Waals surface area contributed by atoms with E-state index in [0.29, 0.717) is 6.54 Å². The van der Waals surface area contributed by atoms with E-state index in [0.717, 1.165) is 53.7 Å². The molecule has 0 radical (unpaired) electrons. The van der Waals surface area contributed by atoms with E-state index < -0.39 is 0 Å². The van der Waals surface area contributed by atoms with E-state index in [1.54, 1.807) is 17.4 Å². The Morgan fingerprint density at radius 1 is 1.25 bits per heavy atom. The number of aliphatic imine (C=N–C) groups is 1. The van der Waals surface area contributed by atoms with Gasteiger partial charge in [-0.2, -0.15) is 0 Å². The molecule has 24 heavy (non-hydrogen) atoms. The quantitative estimate of drug-likeness (QED) is 0.596. The lowest BCUT2D eigenvalue weighted by Crippen LogP contribution is -2.38. The van der Waals surface area contributed by atoms with E-state index in [2.05, 4.69) is 26.0 Å². The van der Waals surface area contributed by atoms with E-state index in [4.69, 9.17) is 0 Å². The SMILES string of the molecule is CCNC(=NCCc1csc(C)n1)NCCc1ccc(F)cc1C. The first-order chi connectivity index (χ1) is 11.6. The summed E-state index contributed by atoms with van der Waals surface area (Å²) < 4.78 is 13.1. The minimum absolute atomic E-state index is 0.184. The highest BCUT2D eigenvalue weighted by molar-refractivity contribution is 7.09. The molecule has 1 heterocycles. The van der Waals surface area contributed by atoms with Gasteiger partial charge in [-0.15, -0.1) is 11.3 Å². The summed E-state index contributed by atoms with van der Waals surface area (Å²) in [4.78, 5) is 9.03. The number of thiazole rings is 1. The van der Waals surface area contributed by atoms with Crippen molar-refractivity contribution >= 4 is 17.3 Å². The van der Waals surface area contributed by atoms with Gasteiger partial charge in [-0.05, 0) is 50.5 Å². The number of aromatic nitrogens is 1. The third-order valence-electron chi connectivity index (χ3n) is 3.64. The van der Waals surface area contributed by atoms with Crippen molar-refractivity contribution in [2.24, 2.45) is 4.99 Å². The number of hydrogen-bond acceptors (Lipinski definition) is 3. The molecule has 0 saturated carbocycles. The smallest absolute Gasteiger partial charge is 0.191 e. The van der Waals surface area contributed by atoms with Crippen molar-refractivity contribution < 1.29 is 4.39 Å². The molecule has 2 N–H and O–H groups in total. The van der Waals surface area contributed by atoms with E-state index >= 15 is 0 Å². The molecule has 2 rings (SSSR count). The van der Waals surface area contributed by atoms with Crippen LogP contribution in [0.3, 0.4) is 0 Å². The summed E-state index contributed by atoms with van der Waals surface area (Å²) in [6, 6.07) is 4.93. The van der Waals surface area contributed by atoms with Crippen LogP contribution in [-0.4, -0.2) is 30.6 Å². The molecule has 4 nitrogen and oxygen atoms in total. The molecule has 6 heteroatoms. The lowest BCUT2D eigenvalue weighted by molar-refractivity contribution is 0.625. The molecule has 0 spiro atoms. The van der Waals surface area contributed by atoms with Gasteiger partial charge in [0.25, 0.3) is 0 Å². The van der Waals surface area contributed by atoms with Gasteiger partial charge in [-0.1, -0.05) is 6.07 Å². The largest absolute Gasteiger partial charge is 0.357 e. The third-order valence-corrected chi connectivity index (χ3v) is 4.46. The Hall–Kier alpha value is -1.95. The number of guanidine groups is 1. The maximum absolute atomic E-state index is 13.1. The summed E-state index contributed by atoms with van der Waals surface area (Å²) in [6.07, 6.45) is 1.68. The number of benzene rings is 1. The van der Waals surface area contributed by atoms with Crippen LogP contribution in [0, 0.1) is 19.7 Å². The molecule has 0 atom stereocenters. The van der Waals surface area contributed by atoms with Gasteiger partial charge in [-0.25, -0.2) is 9.37 Å². The van der Waals surface area contributed by atoms with Gasteiger partial charge in [-0.3, -0.25) is 4.99 Å². The highest BCUT2D eigenvalue weighted by Gasteiger charge is 2.02. The van der Waals surface area contributed by atoms with E-state index in [9.17, 15) is 4.39 Å². The minimum Gasteiger partial charge on any atom is -0.357 e. The van der Waals surface area contributed by atoms with E-state index in [1.165, 1.54) is 6.07 Å². The van der Waals surface area contributed by atoms with Crippen molar-refractivity contribution in [2.45, 2.75) is 33.6 Å². The van der Waals surface area contributed by atoms with E-state index in [1.807, 2.05) is 26.8 Å². The molecular weight excluding hydrogens is 323 g/mol. The molecule has 130 valence electrons. The fourth-order valence-electron chi connectivity index (χ4n) is 2.40. The van der Waals surface area contributed by atoms with Gasteiger partial charge in [0.15, 0.2) is 5.96 Å². The summed E-state index contributed by atoms with van der Waals surface area (Å²) >= 11 is 1.67. The highest BCUT2D eigenvalue weighted by atomic mass is 32.1. The van der Waals surface area contributed by atoms with Crippen molar-refractivity contribution in [3.8, 4) is 0 Å². The van der Waals surface area contributed by atoms with Crippen LogP contribution in [0.2, 0.25) is 0 Å². The molecule has 0 fully saturated rings. The van der Waals surface area contributed by atoms with Crippen molar-refractivity contribution in [2.75, 3.05) is 19.6 Å². The molecule has 2 aromatic rings. The molecule has 1 aromatic carbocycles. The van der Waals surface area contributed by atoms with Crippen LogP contribution in [0.1, 0.15) is 28.8 Å². The highest BCUT2D eigenvalue weighted by Crippen LogP contribution is 2.10. The lowest BCUT2D eigenvalue weighted by Gasteiger charge is -2.12. The van der Waals surface area contributed by atoms with Crippen LogP contribution in [0.5, 0.6) is 0 Å². The molecule has 0 aliphatic carbocycles. The Morgan fingerprint density at radius 2 is 2.08 bits per heavy atom. The second-order valence-electron chi connectivity index (χ2n) is 5.62. The standard InChI is InChI=1S/C18H25FN4S/c1-4-20-18(22-10-8-17-12-24-14(3)23-17)21-9-7-15-5-6-16(19)11-13(15)2/h5-6,11-12H,4,7-10H2,1-3H3,(H2,20,21,22). The Morgan fingerprint density at radius 3 is 2.75 bits per heavy atom. The maximum Gasteiger partial charge on any atom is 0.191 e. The second-order valence-corrected chi connectivity index (χ2v) is 6.68. The Labute approximate surface area is 147 Å². The van der Waals surface area contributed by atoms with Crippen molar-refractivity contribution in [1.29, 1.82) is 0 Å². The average Bonchev–Trinajstić information content (AvgIpc) is 2.95. The van der Waals surface area contributed by atoms with Gasteiger partial charge in [0.05, 0.1) is 10.7 Å². The average molecular weight is 348 g/mol. The van der Waals surface area contributed by atoms with Crippen molar-refractivity contribution in [1.82, 2.24) is 15.6 Å². The van der Waals surface area contributed by atoms with Crippen molar-refractivity contribution in [3.63, 3.8) is 0 Å². The first-order valence-electron chi connectivity index (χ1n) is 8.26.